The highest BCUT2D eigenvalue weighted by Crippen LogP contribution is 2.14. The number of hydrogen-bond acceptors (Lipinski definition) is 2. The number of carbonyl (C=O) groups is 2. The lowest BCUT2D eigenvalue weighted by molar-refractivity contribution is -0.127. The molecule has 0 aromatic heterocycles. The molecule has 0 saturated carbocycles. The lowest BCUT2D eigenvalue weighted by Crippen LogP contribution is -2.36. The second-order valence-electron chi connectivity index (χ2n) is 3.60. The van der Waals surface area contributed by atoms with Gasteiger partial charge in [0.1, 0.15) is 5.82 Å². The Hall–Kier alpha value is -1.43. The summed E-state index contributed by atoms with van der Waals surface area (Å²) in [5.74, 6) is -1.49. The van der Waals surface area contributed by atoms with E-state index in [1.54, 1.807) is 20.2 Å². The summed E-state index contributed by atoms with van der Waals surface area (Å²) in [6, 6.07) is 4.11. The Morgan fingerprint density at radius 1 is 1.41 bits per heavy atom. The van der Waals surface area contributed by atoms with Crippen LogP contribution in [0.2, 0.25) is 0 Å². The van der Waals surface area contributed by atoms with Gasteiger partial charge in [-0.2, -0.15) is 0 Å². The van der Waals surface area contributed by atoms with Crippen LogP contribution in [0.1, 0.15) is 10.4 Å². The van der Waals surface area contributed by atoms with Gasteiger partial charge >= 0.3 is 0 Å². The van der Waals surface area contributed by atoms with Crippen LogP contribution >= 0.6 is 15.9 Å². The zero-order chi connectivity index (χ0) is 13.0. The summed E-state index contributed by atoms with van der Waals surface area (Å²) in [7, 11) is 3.16. The minimum Gasteiger partial charge on any atom is -0.347 e. The third-order valence-corrected chi connectivity index (χ3v) is 2.57. The average molecular weight is 303 g/mol. The van der Waals surface area contributed by atoms with Crippen LogP contribution in [-0.2, 0) is 4.79 Å². The second-order valence-corrected chi connectivity index (χ2v) is 4.51. The van der Waals surface area contributed by atoms with Crippen molar-refractivity contribution in [2.24, 2.45) is 0 Å². The largest absolute Gasteiger partial charge is 0.347 e. The first-order valence-electron chi connectivity index (χ1n) is 4.85. The summed E-state index contributed by atoms with van der Waals surface area (Å²) in [6.45, 7) is -0.151. The lowest BCUT2D eigenvalue weighted by Gasteiger charge is -2.11. The number of nitrogens with zero attached hydrogens (tertiary/aromatic N) is 1. The standard InChI is InChI=1S/C11H12BrFN2O2/c1-15(2)10(16)6-14-11(17)8-4-3-7(12)5-9(8)13/h3-5H,6H2,1-2H3,(H,14,17). The van der Waals surface area contributed by atoms with Gasteiger partial charge in [-0.1, -0.05) is 15.9 Å². The topological polar surface area (TPSA) is 49.4 Å². The summed E-state index contributed by atoms with van der Waals surface area (Å²) in [6.07, 6.45) is 0. The van der Waals surface area contributed by atoms with Crippen LogP contribution in [0.15, 0.2) is 22.7 Å². The molecule has 0 spiro atoms. The van der Waals surface area contributed by atoms with Crippen LogP contribution in [0.25, 0.3) is 0 Å². The summed E-state index contributed by atoms with van der Waals surface area (Å²) < 4.78 is 13.9. The van der Waals surface area contributed by atoms with Crippen molar-refractivity contribution in [2.75, 3.05) is 20.6 Å². The molecule has 0 aliphatic heterocycles. The van der Waals surface area contributed by atoms with Gasteiger partial charge in [-0.3, -0.25) is 9.59 Å². The van der Waals surface area contributed by atoms with Crippen LogP contribution < -0.4 is 5.32 Å². The minimum atomic E-state index is -0.630. The Kier molecular flexibility index (Phi) is 4.62. The third-order valence-electron chi connectivity index (χ3n) is 2.07. The van der Waals surface area contributed by atoms with Crippen molar-refractivity contribution in [3.8, 4) is 0 Å². The van der Waals surface area contributed by atoms with Gasteiger partial charge in [-0.25, -0.2) is 4.39 Å². The highest BCUT2D eigenvalue weighted by Gasteiger charge is 2.13. The van der Waals surface area contributed by atoms with Gasteiger partial charge in [0.2, 0.25) is 5.91 Å². The number of benzene rings is 1. The quantitative estimate of drug-likeness (QED) is 0.918. The molecule has 6 heteroatoms. The molecule has 2 amide bonds. The molecule has 1 N–H and O–H groups in total. The zero-order valence-electron chi connectivity index (χ0n) is 9.46. The Morgan fingerprint density at radius 2 is 2.06 bits per heavy atom. The summed E-state index contributed by atoms with van der Waals surface area (Å²) in [4.78, 5) is 24.1. The molecule has 17 heavy (non-hydrogen) atoms. The SMILES string of the molecule is CN(C)C(=O)CNC(=O)c1ccc(Br)cc1F. The van der Waals surface area contributed by atoms with Crippen molar-refractivity contribution >= 4 is 27.7 Å². The van der Waals surface area contributed by atoms with E-state index < -0.39 is 11.7 Å². The minimum absolute atomic E-state index is 0.0836. The summed E-state index contributed by atoms with van der Waals surface area (Å²) in [5, 5.41) is 2.35. The molecule has 0 radical (unpaired) electrons. The van der Waals surface area contributed by atoms with Crippen LogP contribution in [0, 0.1) is 5.82 Å². The molecule has 1 aromatic carbocycles. The Morgan fingerprint density at radius 3 is 2.59 bits per heavy atom. The number of amides is 2. The molecule has 0 aliphatic carbocycles. The number of likely N-dealkylation sites (N-methyl/N-ethyl adjacent to an activating group) is 1. The molecule has 0 aliphatic rings. The molecular weight excluding hydrogens is 291 g/mol. The first kappa shape index (κ1) is 13.6. The first-order valence-corrected chi connectivity index (χ1v) is 5.64. The molecule has 0 heterocycles. The van der Waals surface area contributed by atoms with Gasteiger partial charge < -0.3 is 10.2 Å². The Labute approximate surface area is 107 Å². The van der Waals surface area contributed by atoms with Gasteiger partial charge in [-0.15, -0.1) is 0 Å². The van der Waals surface area contributed by atoms with E-state index in [2.05, 4.69) is 21.2 Å². The molecule has 1 aromatic rings. The fraction of sp³-hybridized carbons (Fsp3) is 0.273. The molecule has 0 unspecified atom stereocenters. The van der Waals surface area contributed by atoms with E-state index in [-0.39, 0.29) is 18.0 Å². The maximum absolute atomic E-state index is 13.4. The maximum Gasteiger partial charge on any atom is 0.254 e. The predicted molar refractivity (Wildman–Crippen MR) is 65.1 cm³/mol. The second kappa shape index (κ2) is 5.77. The number of nitrogens with one attached hydrogen (secondary N) is 1. The van der Waals surface area contributed by atoms with Crippen LogP contribution in [0.4, 0.5) is 4.39 Å². The highest BCUT2D eigenvalue weighted by molar-refractivity contribution is 9.10. The van der Waals surface area contributed by atoms with Crippen molar-refractivity contribution in [3.05, 3.63) is 34.1 Å². The smallest absolute Gasteiger partial charge is 0.254 e. The van der Waals surface area contributed by atoms with Crippen molar-refractivity contribution in [3.63, 3.8) is 0 Å². The van der Waals surface area contributed by atoms with Crippen molar-refractivity contribution in [2.45, 2.75) is 0 Å². The number of halogens is 2. The van der Waals surface area contributed by atoms with Gasteiger partial charge in [0.05, 0.1) is 12.1 Å². The number of rotatable bonds is 3. The van der Waals surface area contributed by atoms with E-state index in [0.29, 0.717) is 4.47 Å². The number of carbonyl (C=O) groups excluding carboxylic acids is 2. The van der Waals surface area contributed by atoms with Crippen molar-refractivity contribution in [1.29, 1.82) is 0 Å². The molecule has 4 nitrogen and oxygen atoms in total. The third kappa shape index (κ3) is 3.81. The zero-order valence-corrected chi connectivity index (χ0v) is 11.0. The maximum atomic E-state index is 13.4. The van der Waals surface area contributed by atoms with E-state index >= 15 is 0 Å². The molecule has 0 bridgehead atoms. The molecule has 0 saturated heterocycles. The monoisotopic (exact) mass is 302 g/mol. The molecule has 0 fully saturated rings. The summed E-state index contributed by atoms with van der Waals surface area (Å²) in [5.41, 5.74) is -0.0836. The van der Waals surface area contributed by atoms with Gasteiger partial charge in [0.25, 0.3) is 5.91 Å². The van der Waals surface area contributed by atoms with Crippen molar-refractivity contribution in [1.82, 2.24) is 10.2 Å². The molecular formula is C11H12BrFN2O2. The van der Waals surface area contributed by atoms with Crippen LogP contribution in [-0.4, -0.2) is 37.4 Å². The predicted octanol–water partition coefficient (Wildman–Crippen LogP) is 1.41. The van der Waals surface area contributed by atoms with Gasteiger partial charge in [0.15, 0.2) is 0 Å². The first-order chi connectivity index (χ1) is 7.91. The number of hydrogen-bond donors (Lipinski definition) is 1. The Bertz CT molecular complexity index is 449. The van der Waals surface area contributed by atoms with E-state index in [1.165, 1.54) is 17.0 Å². The van der Waals surface area contributed by atoms with Gasteiger partial charge in [0, 0.05) is 18.6 Å². The Balaban J connectivity index is 2.68. The fourth-order valence-corrected chi connectivity index (χ4v) is 1.42. The van der Waals surface area contributed by atoms with Crippen LogP contribution in [0.5, 0.6) is 0 Å². The highest BCUT2D eigenvalue weighted by atomic mass is 79.9. The summed E-state index contributed by atoms with van der Waals surface area (Å²) >= 11 is 3.09. The normalized spacial score (nSPS) is 9.88. The van der Waals surface area contributed by atoms with E-state index in [0.717, 1.165) is 0 Å². The van der Waals surface area contributed by atoms with E-state index in [4.69, 9.17) is 0 Å². The van der Waals surface area contributed by atoms with E-state index in [9.17, 15) is 14.0 Å². The molecule has 0 atom stereocenters. The van der Waals surface area contributed by atoms with E-state index in [1.807, 2.05) is 0 Å². The van der Waals surface area contributed by atoms with Gasteiger partial charge in [-0.05, 0) is 18.2 Å². The van der Waals surface area contributed by atoms with Crippen LogP contribution in [0.3, 0.4) is 0 Å². The average Bonchev–Trinajstić information content (AvgIpc) is 2.25. The molecule has 92 valence electrons. The molecule has 1 rings (SSSR count). The lowest BCUT2D eigenvalue weighted by atomic mass is 10.2. The van der Waals surface area contributed by atoms with Crippen molar-refractivity contribution < 1.29 is 14.0 Å². The fourth-order valence-electron chi connectivity index (χ4n) is 1.08.